The van der Waals surface area contributed by atoms with Gasteiger partial charge < -0.3 is 0 Å². The van der Waals surface area contributed by atoms with Gasteiger partial charge >= 0.3 is 0 Å². The lowest BCUT2D eigenvalue weighted by molar-refractivity contribution is 0.465. The molecule has 0 aromatic heterocycles. The molecule has 1 aromatic carbocycles. The van der Waals surface area contributed by atoms with Crippen molar-refractivity contribution in [2.45, 2.75) is 43.9 Å². The van der Waals surface area contributed by atoms with Crippen molar-refractivity contribution >= 4 is 11.6 Å². The molecule has 2 unspecified atom stereocenters. The summed E-state index contributed by atoms with van der Waals surface area (Å²) in [7, 11) is 0. The Balaban J connectivity index is 1.97. The van der Waals surface area contributed by atoms with E-state index in [-0.39, 0.29) is 0 Å². The van der Waals surface area contributed by atoms with Crippen molar-refractivity contribution in [1.29, 1.82) is 0 Å². The maximum Gasteiger partial charge on any atom is 0.0367 e. The molecule has 1 aromatic rings. The summed E-state index contributed by atoms with van der Waals surface area (Å²) < 4.78 is 0. The van der Waals surface area contributed by atoms with Crippen LogP contribution in [0.1, 0.15) is 37.7 Å². The summed E-state index contributed by atoms with van der Waals surface area (Å²) in [6, 6.07) is 10.8. The van der Waals surface area contributed by atoms with Crippen molar-refractivity contribution in [3.8, 4) is 0 Å². The minimum absolute atomic E-state index is 0.396. The van der Waals surface area contributed by atoms with Crippen LogP contribution in [0.2, 0.25) is 0 Å². The Bertz CT molecular complexity index is 281. The molecule has 0 bridgehead atoms. The molecule has 1 aliphatic carbocycles. The first-order valence-corrected chi connectivity index (χ1v) is 6.48. The average molecular weight is 223 g/mol. The van der Waals surface area contributed by atoms with Gasteiger partial charge in [0.1, 0.15) is 0 Å². The summed E-state index contributed by atoms with van der Waals surface area (Å²) in [6.07, 6.45) is 7.73. The minimum atomic E-state index is 0.396. The molecule has 0 N–H and O–H groups in total. The van der Waals surface area contributed by atoms with Crippen LogP contribution in [0.25, 0.3) is 0 Å². The van der Waals surface area contributed by atoms with Crippen molar-refractivity contribution in [2.75, 3.05) is 0 Å². The molecule has 0 spiro atoms. The van der Waals surface area contributed by atoms with Gasteiger partial charge in [-0.15, -0.1) is 11.6 Å². The normalized spacial score (nSPS) is 27.3. The molecule has 0 amide bonds. The molecule has 1 fully saturated rings. The van der Waals surface area contributed by atoms with E-state index in [1.54, 1.807) is 0 Å². The molecular formula is C14H19Cl. The highest BCUT2D eigenvalue weighted by atomic mass is 35.5. The molecule has 82 valence electrons. The summed E-state index contributed by atoms with van der Waals surface area (Å²) in [4.78, 5) is 0. The Labute approximate surface area is 97.6 Å². The third-order valence-corrected chi connectivity index (χ3v) is 3.98. The standard InChI is InChI=1S/C14H19Cl/c15-14-10-6-2-5-9-13(14)11-12-7-3-1-4-8-12/h1,3-4,7-8,13-14H,2,5-6,9-11H2. The van der Waals surface area contributed by atoms with Gasteiger partial charge in [0.15, 0.2) is 0 Å². The molecule has 0 nitrogen and oxygen atoms in total. The van der Waals surface area contributed by atoms with Crippen molar-refractivity contribution in [3.63, 3.8) is 0 Å². The number of hydrogen-bond donors (Lipinski definition) is 0. The van der Waals surface area contributed by atoms with Crippen molar-refractivity contribution in [2.24, 2.45) is 5.92 Å². The van der Waals surface area contributed by atoms with Crippen molar-refractivity contribution in [3.05, 3.63) is 35.9 Å². The Morgan fingerprint density at radius 1 is 1.00 bits per heavy atom. The van der Waals surface area contributed by atoms with Crippen LogP contribution < -0.4 is 0 Å². The van der Waals surface area contributed by atoms with Gasteiger partial charge in [-0.05, 0) is 30.7 Å². The second-order valence-electron chi connectivity index (χ2n) is 4.60. The smallest absolute Gasteiger partial charge is 0.0367 e. The van der Waals surface area contributed by atoms with Crippen molar-refractivity contribution in [1.82, 2.24) is 0 Å². The number of halogens is 1. The minimum Gasteiger partial charge on any atom is -0.123 e. The largest absolute Gasteiger partial charge is 0.123 e. The highest BCUT2D eigenvalue weighted by Crippen LogP contribution is 2.30. The van der Waals surface area contributed by atoms with Gasteiger partial charge in [-0.2, -0.15) is 0 Å². The van der Waals surface area contributed by atoms with Crippen LogP contribution >= 0.6 is 11.6 Å². The fourth-order valence-corrected chi connectivity index (χ4v) is 2.86. The number of benzene rings is 1. The zero-order valence-corrected chi connectivity index (χ0v) is 9.92. The topological polar surface area (TPSA) is 0 Å². The lowest BCUT2D eigenvalue weighted by atomic mass is 9.92. The predicted octanol–water partition coefficient (Wildman–Crippen LogP) is 4.42. The summed E-state index contributed by atoms with van der Waals surface area (Å²) >= 11 is 6.44. The van der Waals surface area contributed by atoms with Gasteiger partial charge in [0.05, 0.1) is 0 Å². The number of rotatable bonds is 2. The number of hydrogen-bond acceptors (Lipinski definition) is 0. The summed E-state index contributed by atoms with van der Waals surface area (Å²) in [5.74, 6) is 0.691. The maximum atomic E-state index is 6.44. The third kappa shape index (κ3) is 3.24. The van der Waals surface area contributed by atoms with Gasteiger partial charge in [-0.1, -0.05) is 49.6 Å². The zero-order chi connectivity index (χ0) is 10.5. The Kier molecular flexibility index (Phi) is 4.08. The van der Waals surface area contributed by atoms with E-state index in [2.05, 4.69) is 30.3 Å². The monoisotopic (exact) mass is 222 g/mol. The van der Waals surface area contributed by atoms with E-state index in [1.165, 1.54) is 37.7 Å². The second-order valence-corrected chi connectivity index (χ2v) is 5.16. The molecule has 2 atom stereocenters. The van der Waals surface area contributed by atoms with Crippen LogP contribution in [-0.4, -0.2) is 5.38 Å². The first-order chi connectivity index (χ1) is 7.36. The molecule has 1 heteroatoms. The van der Waals surface area contributed by atoms with Gasteiger partial charge in [0, 0.05) is 5.38 Å². The number of alkyl halides is 1. The highest BCUT2D eigenvalue weighted by molar-refractivity contribution is 6.20. The summed E-state index contributed by atoms with van der Waals surface area (Å²) in [5.41, 5.74) is 1.44. The molecule has 2 rings (SSSR count). The Hall–Kier alpha value is -0.490. The second kappa shape index (κ2) is 5.55. The molecule has 15 heavy (non-hydrogen) atoms. The fraction of sp³-hybridized carbons (Fsp3) is 0.571. The highest BCUT2D eigenvalue weighted by Gasteiger charge is 2.21. The van der Waals surface area contributed by atoms with E-state index in [9.17, 15) is 0 Å². The maximum absolute atomic E-state index is 6.44. The lowest BCUT2D eigenvalue weighted by Crippen LogP contribution is -2.15. The molecule has 0 saturated heterocycles. The van der Waals surface area contributed by atoms with E-state index < -0.39 is 0 Å². The van der Waals surface area contributed by atoms with E-state index in [0.29, 0.717) is 11.3 Å². The molecule has 1 aliphatic rings. The first-order valence-electron chi connectivity index (χ1n) is 6.04. The quantitative estimate of drug-likeness (QED) is 0.514. The molecule has 1 saturated carbocycles. The Morgan fingerprint density at radius 2 is 1.73 bits per heavy atom. The molecule has 0 radical (unpaired) electrons. The van der Waals surface area contributed by atoms with E-state index in [0.717, 1.165) is 6.42 Å². The van der Waals surface area contributed by atoms with Gasteiger partial charge in [-0.3, -0.25) is 0 Å². The first kappa shape index (κ1) is 11.0. The van der Waals surface area contributed by atoms with Crippen LogP contribution in [-0.2, 0) is 6.42 Å². The van der Waals surface area contributed by atoms with Crippen LogP contribution in [0.4, 0.5) is 0 Å². The summed E-state index contributed by atoms with van der Waals surface area (Å²) in [5, 5.41) is 0.396. The van der Waals surface area contributed by atoms with E-state index in [4.69, 9.17) is 11.6 Å². The van der Waals surface area contributed by atoms with Crippen LogP contribution in [0.3, 0.4) is 0 Å². The van der Waals surface area contributed by atoms with Crippen LogP contribution in [0.5, 0.6) is 0 Å². The van der Waals surface area contributed by atoms with E-state index >= 15 is 0 Å². The zero-order valence-electron chi connectivity index (χ0n) is 9.16. The SMILES string of the molecule is ClC1CCCCCC1Cc1ccccc1. The van der Waals surface area contributed by atoms with Crippen LogP contribution in [0, 0.1) is 5.92 Å². The molecule has 0 aliphatic heterocycles. The third-order valence-electron chi connectivity index (χ3n) is 3.41. The molecular weight excluding hydrogens is 204 g/mol. The van der Waals surface area contributed by atoms with E-state index in [1.807, 2.05) is 0 Å². The van der Waals surface area contributed by atoms with Crippen LogP contribution in [0.15, 0.2) is 30.3 Å². The molecule has 0 heterocycles. The Morgan fingerprint density at radius 3 is 2.53 bits per heavy atom. The lowest BCUT2D eigenvalue weighted by Gasteiger charge is -2.19. The predicted molar refractivity (Wildman–Crippen MR) is 66.4 cm³/mol. The summed E-state index contributed by atoms with van der Waals surface area (Å²) in [6.45, 7) is 0. The fourth-order valence-electron chi connectivity index (χ4n) is 2.49. The van der Waals surface area contributed by atoms with Crippen molar-refractivity contribution < 1.29 is 0 Å². The average Bonchev–Trinajstić information content (AvgIpc) is 2.46. The van der Waals surface area contributed by atoms with Gasteiger partial charge in [0.25, 0.3) is 0 Å². The van der Waals surface area contributed by atoms with Gasteiger partial charge in [0.2, 0.25) is 0 Å². The van der Waals surface area contributed by atoms with Gasteiger partial charge in [-0.25, -0.2) is 0 Å².